The Morgan fingerprint density at radius 2 is 2.12 bits per heavy atom. The summed E-state index contributed by atoms with van der Waals surface area (Å²) in [5.74, 6) is -1.54. The van der Waals surface area contributed by atoms with Gasteiger partial charge in [0.05, 0.1) is 0 Å². The monoisotopic (exact) mass is 292 g/mol. The molecule has 90 valence electrons. The second-order valence-electron chi connectivity index (χ2n) is 3.50. The summed E-state index contributed by atoms with van der Waals surface area (Å²) in [4.78, 5) is 0.107. The number of hydrogen-bond donors (Lipinski definition) is 0. The molecule has 0 heterocycles. The molecular formula is C12H15BrF2O. The molecule has 1 atom stereocenters. The summed E-state index contributed by atoms with van der Waals surface area (Å²) < 4.78 is 31.4. The molecule has 0 amide bonds. The first-order valence-electron chi connectivity index (χ1n) is 5.29. The van der Waals surface area contributed by atoms with Crippen LogP contribution in [0.15, 0.2) is 18.2 Å². The zero-order chi connectivity index (χ0) is 12.0. The first kappa shape index (κ1) is 13.6. The average molecular weight is 293 g/mol. The summed E-state index contributed by atoms with van der Waals surface area (Å²) in [6.07, 6.45) is 1.25. The number of ether oxygens (including phenoxy) is 1. The Labute approximate surface area is 103 Å². The van der Waals surface area contributed by atoms with Crippen LogP contribution in [0.4, 0.5) is 8.78 Å². The molecular weight excluding hydrogens is 278 g/mol. The van der Waals surface area contributed by atoms with Gasteiger partial charge in [-0.2, -0.15) is 0 Å². The van der Waals surface area contributed by atoms with Crippen molar-refractivity contribution in [3.63, 3.8) is 0 Å². The van der Waals surface area contributed by atoms with Gasteiger partial charge in [-0.05, 0) is 31.4 Å². The van der Waals surface area contributed by atoms with Crippen molar-refractivity contribution in [1.29, 1.82) is 0 Å². The van der Waals surface area contributed by atoms with Gasteiger partial charge in [-0.25, -0.2) is 8.78 Å². The second kappa shape index (κ2) is 6.97. The highest BCUT2D eigenvalue weighted by molar-refractivity contribution is 9.09. The zero-order valence-electron chi connectivity index (χ0n) is 9.18. The number of benzene rings is 1. The van der Waals surface area contributed by atoms with Crippen LogP contribution in [-0.4, -0.2) is 18.0 Å². The normalized spacial score (nSPS) is 12.8. The topological polar surface area (TPSA) is 9.23 Å². The van der Waals surface area contributed by atoms with Crippen LogP contribution in [0.3, 0.4) is 0 Å². The molecule has 0 saturated carbocycles. The maximum atomic E-state index is 13.3. The van der Waals surface area contributed by atoms with Gasteiger partial charge in [-0.1, -0.05) is 28.1 Å². The summed E-state index contributed by atoms with van der Waals surface area (Å²) in [7, 11) is 0. The number of alkyl halides is 1. The molecule has 0 bridgehead atoms. The highest BCUT2D eigenvalue weighted by Gasteiger charge is 2.12. The third-order valence-corrected chi connectivity index (χ3v) is 3.03. The van der Waals surface area contributed by atoms with Crippen LogP contribution in [-0.2, 0) is 11.2 Å². The predicted octanol–water partition coefficient (Wildman–Crippen LogP) is 3.70. The average Bonchev–Trinajstić information content (AvgIpc) is 2.25. The Morgan fingerprint density at radius 1 is 1.38 bits per heavy atom. The Kier molecular flexibility index (Phi) is 5.91. The Morgan fingerprint density at radius 3 is 2.81 bits per heavy atom. The van der Waals surface area contributed by atoms with Crippen molar-refractivity contribution in [3.05, 3.63) is 35.4 Å². The van der Waals surface area contributed by atoms with Crippen molar-refractivity contribution in [2.45, 2.75) is 24.6 Å². The molecule has 0 saturated heterocycles. The molecule has 0 N–H and O–H groups in total. The lowest BCUT2D eigenvalue weighted by Crippen LogP contribution is -2.09. The van der Waals surface area contributed by atoms with Gasteiger partial charge >= 0.3 is 0 Å². The Hall–Kier alpha value is -0.480. The fourth-order valence-electron chi connectivity index (χ4n) is 1.40. The van der Waals surface area contributed by atoms with E-state index in [-0.39, 0.29) is 4.83 Å². The lowest BCUT2D eigenvalue weighted by molar-refractivity contribution is 0.145. The van der Waals surface area contributed by atoms with Crippen molar-refractivity contribution < 1.29 is 13.5 Å². The quantitative estimate of drug-likeness (QED) is 0.574. The molecule has 0 fully saturated rings. The van der Waals surface area contributed by atoms with Crippen LogP contribution in [0.5, 0.6) is 0 Å². The van der Waals surface area contributed by atoms with E-state index < -0.39 is 11.6 Å². The number of rotatable bonds is 6. The third kappa shape index (κ3) is 4.18. The van der Waals surface area contributed by atoms with Gasteiger partial charge in [-0.3, -0.25) is 0 Å². The van der Waals surface area contributed by atoms with Crippen LogP contribution in [0, 0.1) is 11.6 Å². The van der Waals surface area contributed by atoms with Crippen molar-refractivity contribution >= 4 is 15.9 Å². The van der Waals surface area contributed by atoms with E-state index in [0.29, 0.717) is 25.2 Å². The highest BCUT2D eigenvalue weighted by Crippen LogP contribution is 2.18. The van der Waals surface area contributed by atoms with Gasteiger partial charge in [0, 0.05) is 18.0 Å². The minimum absolute atomic E-state index is 0.107. The van der Waals surface area contributed by atoms with E-state index in [0.717, 1.165) is 12.5 Å². The van der Waals surface area contributed by atoms with E-state index in [2.05, 4.69) is 15.9 Å². The lowest BCUT2D eigenvalue weighted by Gasteiger charge is -2.10. The van der Waals surface area contributed by atoms with E-state index >= 15 is 0 Å². The zero-order valence-corrected chi connectivity index (χ0v) is 10.8. The largest absolute Gasteiger partial charge is 0.382 e. The number of hydrogen-bond acceptors (Lipinski definition) is 1. The Balaban J connectivity index is 2.49. The maximum absolute atomic E-state index is 13.3. The first-order chi connectivity index (χ1) is 7.65. The van der Waals surface area contributed by atoms with Crippen LogP contribution < -0.4 is 0 Å². The Bertz CT molecular complexity index is 331. The molecule has 1 nitrogen and oxygen atoms in total. The van der Waals surface area contributed by atoms with Crippen LogP contribution in [0.25, 0.3) is 0 Å². The summed E-state index contributed by atoms with van der Waals surface area (Å²) >= 11 is 3.43. The highest BCUT2D eigenvalue weighted by atomic mass is 79.9. The third-order valence-electron chi connectivity index (χ3n) is 2.25. The summed E-state index contributed by atoms with van der Waals surface area (Å²) in [6.45, 7) is 3.23. The molecule has 0 aromatic heterocycles. The van der Waals surface area contributed by atoms with Crippen molar-refractivity contribution in [3.8, 4) is 0 Å². The van der Waals surface area contributed by atoms with Gasteiger partial charge in [0.25, 0.3) is 0 Å². The first-order valence-corrected chi connectivity index (χ1v) is 6.21. The second-order valence-corrected chi connectivity index (χ2v) is 4.79. The number of halogens is 3. The molecule has 4 heteroatoms. The van der Waals surface area contributed by atoms with Gasteiger partial charge in [0.1, 0.15) is 0 Å². The van der Waals surface area contributed by atoms with Gasteiger partial charge < -0.3 is 4.74 Å². The molecule has 1 aromatic rings. The fourth-order valence-corrected chi connectivity index (χ4v) is 1.94. The smallest absolute Gasteiger partial charge is 0.162 e. The molecule has 0 aliphatic carbocycles. The van der Waals surface area contributed by atoms with Gasteiger partial charge in [-0.15, -0.1) is 0 Å². The van der Waals surface area contributed by atoms with E-state index in [1.807, 2.05) is 6.92 Å². The van der Waals surface area contributed by atoms with Gasteiger partial charge in [0.2, 0.25) is 0 Å². The predicted molar refractivity (Wildman–Crippen MR) is 63.9 cm³/mol. The molecule has 0 aliphatic rings. The van der Waals surface area contributed by atoms with Crippen molar-refractivity contribution in [1.82, 2.24) is 0 Å². The molecule has 16 heavy (non-hydrogen) atoms. The lowest BCUT2D eigenvalue weighted by atomic mass is 10.1. The van der Waals surface area contributed by atoms with Gasteiger partial charge in [0.15, 0.2) is 11.6 Å². The van der Waals surface area contributed by atoms with E-state index in [9.17, 15) is 8.78 Å². The van der Waals surface area contributed by atoms with E-state index in [1.165, 1.54) is 6.07 Å². The van der Waals surface area contributed by atoms with Crippen molar-refractivity contribution in [2.75, 3.05) is 13.2 Å². The summed E-state index contributed by atoms with van der Waals surface area (Å²) in [5.41, 5.74) is 0.401. The SMILES string of the molecule is CCOCCC(Br)Cc1cccc(F)c1F. The molecule has 1 rings (SSSR count). The van der Waals surface area contributed by atoms with E-state index in [4.69, 9.17) is 4.74 Å². The maximum Gasteiger partial charge on any atom is 0.162 e. The molecule has 1 aromatic carbocycles. The standard InChI is InChI=1S/C12H15BrF2O/c1-2-16-7-6-10(13)8-9-4-3-5-11(14)12(9)15/h3-5,10H,2,6-8H2,1H3. The van der Waals surface area contributed by atoms with E-state index in [1.54, 1.807) is 6.07 Å². The van der Waals surface area contributed by atoms with Crippen molar-refractivity contribution in [2.24, 2.45) is 0 Å². The minimum atomic E-state index is -0.790. The molecule has 1 unspecified atom stereocenters. The van der Waals surface area contributed by atoms with Crippen LogP contribution >= 0.6 is 15.9 Å². The fraction of sp³-hybridized carbons (Fsp3) is 0.500. The summed E-state index contributed by atoms with van der Waals surface area (Å²) in [6, 6.07) is 4.26. The molecule has 0 radical (unpaired) electrons. The molecule has 0 spiro atoms. The van der Waals surface area contributed by atoms with Crippen LogP contribution in [0.1, 0.15) is 18.9 Å². The van der Waals surface area contributed by atoms with Crippen LogP contribution in [0.2, 0.25) is 0 Å². The summed E-state index contributed by atoms with van der Waals surface area (Å²) in [5, 5.41) is 0. The minimum Gasteiger partial charge on any atom is -0.382 e. The molecule has 0 aliphatic heterocycles.